The molecule has 0 saturated carbocycles. The maximum absolute atomic E-state index is 13.2. The Morgan fingerprint density at radius 3 is 2.58 bits per heavy atom. The van der Waals surface area contributed by atoms with E-state index in [0.717, 1.165) is 5.56 Å². The third-order valence-corrected chi connectivity index (χ3v) is 2.74. The second kappa shape index (κ2) is 6.08. The first kappa shape index (κ1) is 13.9. The van der Waals surface area contributed by atoms with Crippen LogP contribution in [0.3, 0.4) is 0 Å². The fourth-order valence-electron chi connectivity index (χ4n) is 1.57. The number of nitrogens with zero attached hydrogens (tertiary/aromatic N) is 2. The Kier molecular flexibility index (Phi) is 4.44. The Hall–Kier alpha value is -1.53. The monoisotopic (exact) mass is 325 g/mol. The second-order valence-electron chi connectivity index (χ2n) is 4.26. The molecule has 2 aromatic rings. The van der Waals surface area contributed by atoms with Gasteiger partial charge in [-0.2, -0.15) is 0 Å². The predicted molar refractivity (Wildman–Crippen MR) is 73.6 cm³/mol. The summed E-state index contributed by atoms with van der Waals surface area (Å²) >= 11 is 3.19. The first-order valence-corrected chi connectivity index (χ1v) is 6.52. The average molecular weight is 326 g/mol. The molecule has 2 N–H and O–H groups in total. The van der Waals surface area contributed by atoms with Gasteiger partial charge >= 0.3 is 6.01 Å². The molecule has 0 aliphatic carbocycles. The third-order valence-electron chi connectivity index (χ3n) is 2.28. The molecule has 0 radical (unpaired) electrons. The molecule has 0 aliphatic heterocycles. The summed E-state index contributed by atoms with van der Waals surface area (Å²) in [6.07, 6.45) is 4.01. The molecule has 2 rings (SSSR count). The van der Waals surface area contributed by atoms with Crippen molar-refractivity contribution < 1.29 is 9.13 Å². The molecule has 0 spiro atoms. The van der Waals surface area contributed by atoms with Crippen molar-refractivity contribution in [3.63, 3.8) is 0 Å². The second-order valence-corrected chi connectivity index (χ2v) is 5.18. The van der Waals surface area contributed by atoms with Crippen LogP contribution >= 0.6 is 15.9 Å². The topological polar surface area (TPSA) is 61.0 Å². The van der Waals surface area contributed by atoms with Crippen LogP contribution in [-0.4, -0.2) is 16.0 Å². The van der Waals surface area contributed by atoms with Crippen molar-refractivity contribution in [1.29, 1.82) is 0 Å². The lowest BCUT2D eigenvalue weighted by molar-refractivity contribution is 0.436. The SMILES string of the molecule is CC(N)Cc1cnc(Oc2cc(F)cc(Br)c2)nc1. The van der Waals surface area contributed by atoms with Crippen LogP contribution in [0.25, 0.3) is 0 Å². The Labute approximate surface area is 119 Å². The molecule has 1 aromatic carbocycles. The summed E-state index contributed by atoms with van der Waals surface area (Å²) in [5.74, 6) is -0.0511. The summed E-state index contributed by atoms with van der Waals surface area (Å²) in [4.78, 5) is 8.12. The molecule has 1 aromatic heterocycles. The summed E-state index contributed by atoms with van der Waals surface area (Å²) in [5.41, 5.74) is 6.62. The van der Waals surface area contributed by atoms with Crippen LogP contribution in [0.1, 0.15) is 12.5 Å². The van der Waals surface area contributed by atoms with Gasteiger partial charge < -0.3 is 10.5 Å². The van der Waals surface area contributed by atoms with Crippen molar-refractivity contribution in [2.75, 3.05) is 0 Å². The number of ether oxygens (including phenoxy) is 1. The average Bonchev–Trinajstić information content (AvgIpc) is 2.29. The molecule has 100 valence electrons. The molecule has 0 fully saturated rings. The zero-order chi connectivity index (χ0) is 13.8. The molecule has 0 bridgehead atoms. The molecule has 0 amide bonds. The number of rotatable bonds is 4. The number of nitrogens with two attached hydrogens (primary N) is 1. The van der Waals surface area contributed by atoms with Gasteiger partial charge in [-0.25, -0.2) is 14.4 Å². The summed E-state index contributed by atoms with van der Waals surface area (Å²) in [6.45, 7) is 1.91. The van der Waals surface area contributed by atoms with Gasteiger partial charge in [-0.05, 0) is 31.0 Å². The van der Waals surface area contributed by atoms with Crippen LogP contribution < -0.4 is 10.5 Å². The van der Waals surface area contributed by atoms with Gasteiger partial charge in [0.05, 0.1) is 0 Å². The highest BCUT2D eigenvalue weighted by Crippen LogP contribution is 2.23. The summed E-state index contributed by atoms with van der Waals surface area (Å²) in [5, 5.41) is 0. The summed E-state index contributed by atoms with van der Waals surface area (Å²) in [7, 11) is 0. The molecule has 19 heavy (non-hydrogen) atoms. The minimum Gasteiger partial charge on any atom is -0.424 e. The fraction of sp³-hybridized carbons (Fsp3) is 0.231. The first-order valence-electron chi connectivity index (χ1n) is 5.73. The Morgan fingerprint density at radius 1 is 1.32 bits per heavy atom. The minimum absolute atomic E-state index is 0.0505. The van der Waals surface area contributed by atoms with E-state index in [-0.39, 0.29) is 12.1 Å². The van der Waals surface area contributed by atoms with Crippen LogP contribution in [0.5, 0.6) is 11.8 Å². The standard InChI is InChI=1S/C13H13BrFN3O/c1-8(16)2-9-6-17-13(18-7-9)19-12-4-10(14)3-11(15)5-12/h3-8H,2,16H2,1H3. The molecule has 0 saturated heterocycles. The number of halogens is 2. The lowest BCUT2D eigenvalue weighted by Crippen LogP contribution is -2.17. The van der Waals surface area contributed by atoms with Crippen molar-refractivity contribution >= 4 is 15.9 Å². The van der Waals surface area contributed by atoms with E-state index in [2.05, 4.69) is 25.9 Å². The molecule has 1 heterocycles. The maximum atomic E-state index is 13.2. The zero-order valence-electron chi connectivity index (χ0n) is 10.3. The minimum atomic E-state index is -0.391. The maximum Gasteiger partial charge on any atom is 0.321 e. The molecule has 4 nitrogen and oxygen atoms in total. The Balaban J connectivity index is 2.10. The summed E-state index contributed by atoms with van der Waals surface area (Å²) < 4.78 is 19.1. The van der Waals surface area contributed by atoms with E-state index in [9.17, 15) is 4.39 Å². The van der Waals surface area contributed by atoms with Crippen molar-refractivity contribution in [1.82, 2.24) is 9.97 Å². The van der Waals surface area contributed by atoms with E-state index < -0.39 is 5.82 Å². The van der Waals surface area contributed by atoms with E-state index in [0.29, 0.717) is 16.6 Å². The molecule has 6 heteroatoms. The van der Waals surface area contributed by atoms with Gasteiger partial charge in [0.15, 0.2) is 0 Å². The summed E-state index contributed by atoms with van der Waals surface area (Å²) in [6, 6.07) is 4.48. The van der Waals surface area contributed by atoms with Crippen molar-refractivity contribution in [2.45, 2.75) is 19.4 Å². The van der Waals surface area contributed by atoms with Crippen molar-refractivity contribution in [3.05, 3.63) is 46.4 Å². The van der Waals surface area contributed by atoms with E-state index in [1.165, 1.54) is 12.1 Å². The largest absolute Gasteiger partial charge is 0.424 e. The molecular formula is C13H13BrFN3O. The van der Waals surface area contributed by atoms with Crippen LogP contribution in [0.4, 0.5) is 4.39 Å². The smallest absolute Gasteiger partial charge is 0.321 e. The third kappa shape index (κ3) is 4.25. The van der Waals surface area contributed by atoms with Gasteiger partial charge in [-0.15, -0.1) is 0 Å². The molecular weight excluding hydrogens is 313 g/mol. The molecule has 0 aliphatic rings. The normalized spacial score (nSPS) is 12.2. The van der Waals surface area contributed by atoms with Gasteiger partial charge in [0, 0.05) is 29.0 Å². The highest BCUT2D eigenvalue weighted by molar-refractivity contribution is 9.10. The zero-order valence-corrected chi connectivity index (χ0v) is 11.9. The van der Waals surface area contributed by atoms with E-state index in [1.807, 2.05) is 6.92 Å². The molecule has 1 atom stereocenters. The number of hydrogen-bond acceptors (Lipinski definition) is 4. The van der Waals surface area contributed by atoms with E-state index in [1.54, 1.807) is 18.5 Å². The van der Waals surface area contributed by atoms with Gasteiger partial charge in [0.2, 0.25) is 0 Å². The van der Waals surface area contributed by atoms with Crippen LogP contribution in [0, 0.1) is 5.82 Å². The first-order chi connectivity index (χ1) is 9.02. The van der Waals surface area contributed by atoms with Crippen molar-refractivity contribution in [2.24, 2.45) is 5.73 Å². The quantitative estimate of drug-likeness (QED) is 0.938. The highest BCUT2D eigenvalue weighted by atomic mass is 79.9. The van der Waals surface area contributed by atoms with Crippen LogP contribution in [0.15, 0.2) is 35.1 Å². The fourth-order valence-corrected chi connectivity index (χ4v) is 2.01. The van der Waals surface area contributed by atoms with E-state index in [4.69, 9.17) is 10.5 Å². The number of benzene rings is 1. The molecule has 1 unspecified atom stereocenters. The van der Waals surface area contributed by atoms with Crippen molar-refractivity contribution in [3.8, 4) is 11.8 Å². The van der Waals surface area contributed by atoms with Gasteiger partial charge in [-0.3, -0.25) is 0 Å². The lowest BCUT2D eigenvalue weighted by Gasteiger charge is -2.06. The van der Waals surface area contributed by atoms with Crippen LogP contribution in [0.2, 0.25) is 0 Å². The predicted octanol–water partition coefficient (Wildman–Crippen LogP) is 3.06. The lowest BCUT2D eigenvalue weighted by atomic mass is 10.1. The van der Waals surface area contributed by atoms with Gasteiger partial charge in [0.1, 0.15) is 11.6 Å². The van der Waals surface area contributed by atoms with Crippen LogP contribution in [-0.2, 0) is 6.42 Å². The Bertz CT molecular complexity index is 540. The highest BCUT2D eigenvalue weighted by Gasteiger charge is 2.05. The van der Waals surface area contributed by atoms with Gasteiger partial charge in [-0.1, -0.05) is 15.9 Å². The van der Waals surface area contributed by atoms with E-state index >= 15 is 0 Å². The Morgan fingerprint density at radius 2 is 2.00 bits per heavy atom. The number of aromatic nitrogens is 2. The number of hydrogen-bond donors (Lipinski definition) is 1. The van der Waals surface area contributed by atoms with Gasteiger partial charge in [0.25, 0.3) is 0 Å².